The van der Waals surface area contributed by atoms with Crippen LogP contribution >= 0.6 is 11.3 Å². The molecule has 21 heavy (non-hydrogen) atoms. The van der Waals surface area contributed by atoms with Crippen LogP contribution in [0.25, 0.3) is 5.69 Å². The maximum Gasteiger partial charge on any atom is 0.340 e. The van der Waals surface area contributed by atoms with E-state index in [-0.39, 0.29) is 5.97 Å². The first-order valence-electron chi connectivity index (χ1n) is 6.36. The largest absolute Gasteiger partial charge is 0.462 e. The Morgan fingerprint density at radius 2 is 2.14 bits per heavy atom. The van der Waals surface area contributed by atoms with Crippen molar-refractivity contribution in [3.63, 3.8) is 0 Å². The molecule has 0 atom stereocenters. The fraction of sp³-hybridized carbons (Fsp3) is 0.143. The molecule has 0 radical (unpaired) electrons. The molecular formula is C14H12N4O2S. The SMILES string of the molecule is O=C(OCCc1cccs1)c1ccccc1-n1cnnn1. The van der Waals surface area contributed by atoms with Crippen molar-refractivity contribution in [2.75, 3.05) is 6.61 Å². The number of hydrogen-bond donors (Lipinski definition) is 0. The molecular weight excluding hydrogens is 288 g/mol. The Morgan fingerprint density at radius 3 is 2.90 bits per heavy atom. The maximum absolute atomic E-state index is 12.2. The molecule has 106 valence electrons. The molecule has 0 aliphatic carbocycles. The third-order valence-corrected chi connectivity index (χ3v) is 3.82. The minimum atomic E-state index is -0.377. The van der Waals surface area contributed by atoms with Crippen molar-refractivity contribution in [3.8, 4) is 5.69 Å². The molecule has 0 amide bonds. The number of hydrogen-bond acceptors (Lipinski definition) is 6. The van der Waals surface area contributed by atoms with E-state index in [1.165, 1.54) is 15.9 Å². The van der Waals surface area contributed by atoms with Gasteiger partial charge in [0, 0.05) is 11.3 Å². The van der Waals surface area contributed by atoms with Crippen LogP contribution in [-0.4, -0.2) is 32.8 Å². The van der Waals surface area contributed by atoms with Crippen LogP contribution < -0.4 is 0 Å². The van der Waals surface area contributed by atoms with Crippen molar-refractivity contribution in [1.29, 1.82) is 0 Å². The van der Waals surface area contributed by atoms with Crippen LogP contribution in [0, 0.1) is 0 Å². The lowest BCUT2D eigenvalue weighted by molar-refractivity contribution is 0.0510. The zero-order chi connectivity index (χ0) is 14.5. The quantitative estimate of drug-likeness (QED) is 0.675. The van der Waals surface area contributed by atoms with Crippen LogP contribution in [0.15, 0.2) is 48.1 Å². The second-order valence-corrected chi connectivity index (χ2v) is 5.27. The van der Waals surface area contributed by atoms with Gasteiger partial charge in [0.05, 0.1) is 17.9 Å². The van der Waals surface area contributed by atoms with Gasteiger partial charge < -0.3 is 4.74 Å². The molecule has 3 rings (SSSR count). The van der Waals surface area contributed by atoms with Crippen molar-refractivity contribution >= 4 is 17.3 Å². The van der Waals surface area contributed by atoms with Crippen molar-refractivity contribution in [3.05, 3.63) is 58.5 Å². The average Bonchev–Trinajstić information content (AvgIpc) is 3.20. The highest BCUT2D eigenvalue weighted by Gasteiger charge is 2.14. The van der Waals surface area contributed by atoms with Crippen molar-refractivity contribution in [2.45, 2.75) is 6.42 Å². The summed E-state index contributed by atoms with van der Waals surface area (Å²) < 4.78 is 6.77. The van der Waals surface area contributed by atoms with Gasteiger partial charge in [-0.15, -0.1) is 16.4 Å². The molecule has 0 unspecified atom stereocenters. The Hall–Kier alpha value is -2.54. The topological polar surface area (TPSA) is 69.9 Å². The molecule has 3 aromatic rings. The number of ether oxygens (including phenoxy) is 1. The Kier molecular flexibility index (Phi) is 4.02. The Balaban J connectivity index is 1.70. The third-order valence-electron chi connectivity index (χ3n) is 2.88. The van der Waals surface area contributed by atoms with Crippen LogP contribution in [0.1, 0.15) is 15.2 Å². The smallest absolute Gasteiger partial charge is 0.340 e. The third kappa shape index (κ3) is 3.14. The van der Waals surface area contributed by atoms with E-state index in [1.807, 2.05) is 23.6 Å². The molecule has 0 saturated heterocycles. The van der Waals surface area contributed by atoms with Crippen LogP contribution in [0.2, 0.25) is 0 Å². The van der Waals surface area contributed by atoms with Gasteiger partial charge in [-0.1, -0.05) is 18.2 Å². The van der Waals surface area contributed by atoms with Gasteiger partial charge in [-0.3, -0.25) is 0 Å². The Labute approximate surface area is 125 Å². The van der Waals surface area contributed by atoms with E-state index in [0.29, 0.717) is 17.9 Å². The molecule has 0 fully saturated rings. The molecule has 6 nitrogen and oxygen atoms in total. The predicted octanol–water partition coefficient (Wildman–Crippen LogP) is 2.12. The minimum Gasteiger partial charge on any atom is -0.462 e. The van der Waals surface area contributed by atoms with Gasteiger partial charge in [-0.25, -0.2) is 4.79 Å². The van der Waals surface area contributed by atoms with E-state index in [1.54, 1.807) is 29.5 Å². The summed E-state index contributed by atoms with van der Waals surface area (Å²) in [5, 5.41) is 13.0. The van der Waals surface area contributed by atoms with Crippen molar-refractivity contribution in [1.82, 2.24) is 20.2 Å². The summed E-state index contributed by atoms with van der Waals surface area (Å²) >= 11 is 1.65. The molecule has 0 N–H and O–H groups in total. The molecule has 2 aromatic heterocycles. The summed E-state index contributed by atoms with van der Waals surface area (Å²) in [6.45, 7) is 0.350. The second-order valence-electron chi connectivity index (χ2n) is 4.24. The number of aromatic nitrogens is 4. The highest BCUT2D eigenvalue weighted by atomic mass is 32.1. The average molecular weight is 300 g/mol. The minimum absolute atomic E-state index is 0.350. The van der Waals surface area contributed by atoms with Gasteiger partial charge in [0.25, 0.3) is 0 Å². The van der Waals surface area contributed by atoms with E-state index in [4.69, 9.17) is 4.74 Å². The van der Waals surface area contributed by atoms with Gasteiger partial charge >= 0.3 is 5.97 Å². The maximum atomic E-state index is 12.2. The molecule has 0 bridgehead atoms. The highest BCUT2D eigenvalue weighted by Crippen LogP contribution is 2.15. The number of esters is 1. The summed E-state index contributed by atoms with van der Waals surface area (Å²) in [5.41, 5.74) is 1.04. The number of carbonyl (C=O) groups excluding carboxylic acids is 1. The normalized spacial score (nSPS) is 10.5. The standard InChI is InChI=1S/C14H12N4O2S/c19-14(20-8-7-11-4-3-9-21-11)12-5-1-2-6-13(12)18-10-15-16-17-18/h1-6,9-10H,7-8H2. The lowest BCUT2D eigenvalue weighted by Gasteiger charge is -2.08. The van der Waals surface area contributed by atoms with E-state index < -0.39 is 0 Å². The Bertz CT molecular complexity index is 710. The number of benzene rings is 1. The zero-order valence-electron chi connectivity index (χ0n) is 11.0. The number of rotatable bonds is 5. The van der Waals surface area contributed by atoms with Gasteiger partial charge in [-0.2, -0.15) is 4.68 Å². The first kappa shape index (κ1) is 13.4. The second kappa shape index (κ2) is 6.27. The van der Waals surface area contributed by atoms with Crippen molar-refractivity contribution < 1.29 is 9.53 Å². The molecule has 0 saturated carbocycles. The zero-order valence-corrected chi connectivity index (χ0v) is 11.9. The number of thiophene rings is 1. The van der Waals surface area contributed by atoms with Crippen molar-refractivity contribution in [2.24, 2.45) is 0 Å². The number of carbonyl (C=O) groups is 1. The van der Waals surface area contributed by atoms with Crippen LogP contribution in [0.4, 0.5) is 0 Å². The molecule has 0 aliphatic heterocycles. The number of nitrogens with zero attached hydrogens (tertiary/aromatic N) is 4. The van der Waals surface area contributed by atoms with Crippen LogP contribution in [0.3, 0.4) is 0 Å². The Morgan fingerprint density at radius 1 is 1.24 bits per heavy atom. The van der Waals surface area contributed by atoms with Gasteiger partial charge in [0.15, 0.2) is 0 Å². The molecule has 0 aliphatic rings. The van der Waals surface area contributed by atoms with Gasteiger partial charge in [0.2, 0.25) is 0 Å². The fourth-order valence-electron chi connectivity index (χ4n) is 1.89. The van der Waals surface area contributed by atoms with Crippen LogP contribution in [0.5, 0.6) is 0 Å². The van der Waals surface area contributed by atoms with Crippen LogP contribution in [-0.2, 0) is 11.2 Å². The summed E-state index contributed by atoms with van der Waals surface area (Å²) in [4.78, 5) is 13.4. The first-order chi connectivity index (χ1) is 10.3. The van der Waals surface area contributed by atoms with E-state index in [2.05, 4.69) is 15.5 Å². The first-order valence-corrected chi connectivity index (χ1v) is 7.24. The molecule has 1 aromatic carbocycles. The summed E-state index contributed by atoms with van der Waals surface area (Å²) in [6.07, 6.45) is 2.16. The monoisotopic (exact) mass is 300 g/mol. The van der Waals surface area contributed by atoms with E-state index in [0.717, 1.165) is 6.42 Å². The lowest BCUT2D eigenvalue weighted by atomic mass is 10.2. The summed E-state index contributed by atoms with van der Waals surface area (Å²) in [6, 6.07) is 11.1. The molecule has 0 spiro atoms. The molecule has 7 heteroatoms. The predicted molar refractivity (Wildman–Crippen MR) is 77.5 cm³/mol. The van der Waals surface area contributed by atoms with Gasteiger partial charge in [0.1, 0.15) is 6.33 Å². The summed E-state index contributed by atoms with van der Waals surface area (Å²) in [7, 11) is 0. The van der Waals surface area contributed by atoms with E-state index >= 15 is 0 Å². The fourth-order valence-corrected chi connectivity index (χ4v) is 2.58. The highest BCUT2D eigenvalue weighted by molar-refractivity contribution is 7.09. The van der Waals surface area contributed by atoms with Gasteiger partial charge in [-0.05, 0) is 34.0 Å². The lowest BCUT2D eigenvalue weighted by Crippen LogP contribution is -2.11. The number of para-hydroxylation sites is 1. The summed E-state index contributed by atoms with van der Waals surface area (Å²) in [5.74, 6) is -0.377. The number of tetrazole rings is 1. The molecule has 2 heterocycles. The van der Waals surface area contributed by atoms with E-state index in [9.17, 15) is 4.79 Å².